The van der Waals surface area contributed by atoms with E-state index in [1.54, 1.807) is 0 Å². The van der Waals surface area contributed by atoms with Gasteiger partial charge in [0.05, 0.1) is 0 Å². The first-order chi connectivity index (χ1) is 10.8. The monoisotopic (exact) mass is 306 g/mol. The molecule has 22 heavy (non-hydrogen) atoms. The summed E-state index contributed by atoms with van der Waals surface area (Å²) in [6.45, 7) is 2.32. The summed E-state index contributed by atoms with van der Waals surface area (Å²) < 4.78 is 0. The molecular weight excluding hydrogens is 280 g/mol. The minimum atomic E-state index is -0.198. The lowest BCUT2D eigenvalue weighted by molar-refractivity contribution is 0.596. The van der Waals surface area contributed by atoms with Crippen LogP contribution in [0, 0.1) is 0 Å². The molecule has 0 saturated carbocycles. The van der Waals surface area contributed by atoms with Gasteiger partial charge in [0.2, 0.25) is 0 Å². The zero-order valence-corrected chi connectivity index (χ0v) is 15.0. The highest BCUT2D eigenvalue weighted by molar-refractivity contribution is 6.44. The van der Waals surface area contributed by atoms with E-state index in [4.69, 9.17) is 0 Å². The molecule has 2 aliphatic carbocycles. The standard InChI is InChI=1S/C21H26Si/c1-2-13-21(14-7-4-8-15-21)22-20-12-11-19(17-20)16-18-9-5-3-6-10-18/h3-12,14,17,20H,2,13,15-16,22H2,1H3. The van der Waals surface area contributed by atoms with Crippen LogP contribution >= 0.6 is 0 Å². The van der Waals surface area contributed by atoms with Crippen LogP contribution in [0.2, 0.25) is 10.6 Å². The summed E-state index contributed by atoms with van der Waals surface area (Å²) in [7, 11) is -0.198. The van der Waals surface area contributed by atoms with Crippen molar-refractivity contribution in [3.63, 3.8) is 0 Å². The van der Waals surface area contributed by atoms with Crippen LogP contribution in [0.1, 0.15) is 31.7 Å². The fourth-order valence-corrected chi connectivity index (χ4v) is 6.62. The highest BCUT2D eigenvalue weighted by Crippen LogP contribution is 2.43. The van der Waals surface area contributed by atoms with Gasteiger partial charge in [-0.15, -0.1) is 0 Å². The fourth-order valence-electron chi connectivity index (χ4n) is 3.82. The molecule has 2 aliphatic rings. The molecule has 3 rings (SSSR count). The smallest absolute Gasteiger partial charge is 0.0447 e. The number of hydrogen-bond donors (Lipinski definition) is 0. The molecule has 1 aromatic rings. The van der Waals surface area contributed by atoms with Gasteiger partial charge < -0.3 is 0 Å². The molecule has 0 nitrogen and oxygen atoms in total. The van der Waals surface area contributed by atoms with Crippen LogP contribution in [0.3, 0.4) is 0 Å². The molecule has 0 amide bonds. The van der Waals surface area contributed by atoms with Gasteiger partial charge in [0.1, 0.15) is 0 Å². The predicted octanol–water partition coefficient (Wildman–Crippen LogP) is 5.16. The van der Waals surface area contributed by atoms with Crippen LogP contribution in [0.25, 0.3) is 0 Å². The van der Waals surface area contributed by atoms with Crippen LogP contribution in [-0.2, 0) is 6.42 Å². The van der Waals surface area contributed by atoms with E-state index < -0.39 is 0 Å². The third-order valence-electron chi connectivity index (χ3n) is 4.85. The summed E-state index contributed by atoms with van der Waals surface area (Å²) in [5.41, 5.74) is 3.66. The average Bonchev–Trinajstić information content (AvgIpc) is 2.96. The van der Waals surface area contributed by atoms with Crippen molar-refractivity contribution in [3.8, 4) is 0 Å². The molecule has 0 radical (unpaired) electrons. The highest BCUT2D eigenvalue weighted by Gasteiger charge is 2.29. The van der Waals surface area contributed by atoms with Crippen molar-refractivity contribution in [1.29, 1.82) is 0 Å². The molecule has 1 heteroatoms. The third kappa shape index (κ3) is 3.78. The minimum Gasteiger partial charge on any atom is -0.0840 e. The van der Waals surface area contributed by atoms with Gasteiger partial charge in [0.15, 0.2) is 0 Å². The second kappa shape index (κ2) is 7.10. The Hall–Kier alpha value is -1.60. The first-order valence-electron chi connectivity index (χ1n) is 8.57. The second-order valence-electron chi connectivity index (χ2n) is 6.73. The number of rotatable bonds is 6. The van der Waals surface area contributed by atoms with Gasteiger partial charge >= 0.3 is 0 Å². The Labute approximate surface area is 137 Å². The molecule has 0 heterocycles. The van der Waals surface area contributed by atoms with Gasteiger partial charge in [-0.05, 0) is 41.0 Å². The highest BCUT2D eigenvalue weighted by atomic mass is 28.2. The van der Waals surface area contributed by atoms with Crippen LogP contribution in [-0.4, -0.2) is 9.52 Å². The van der Waals surface area contributed by atoms with Crippen molar-refractivity contribution in [2.75, 3.05) is 0 Å². The number of allylic oxidation sites excluding steroid dienone is 8. The van der Waals surface area contributed by atoms with E-state index >= 15 is 0 Å². The maximum absolute atomic E-state index is 2.54. The van der Waals surface area contributed by atoms with Crippen molar-refractivity contribution in [2.45, 2.75) is 43.2 Å². The van der Waals surface area contributed by atoms with Crippen LogP contribution < -0.4 is 0 Å². The summed E-state index contributed by atoms with van der Waals surface area (Å²) in [4.78, 5) is 0. The topological polar surface area (TPSA) is 0 Å². The number of hydrogen-bond acceptors (Lipinski definition) is 0. The molecule has 0 N–H and O–H groups in total. The van der Waals surface area contributed by atoms with E-state index in [1.807, 2.05) is 0 Å². The SMILES string of the molecule is CCCC1([SiH2]C2C=CC(Cc3ccccc3)=C2)C=CC=CC1. The zero-order chi connectivity index (χ0) is 15.3. The fraction of sp³-hybridized carbons (Fsp3) is 0.333. The first kappa shape index (κ1) is 15.3. The third-order valence-corrected chi connectivity index (χ3v) is 7.52. The van der Waals surface area contributed by atoms with E-state index in [1.165, 1.54) is 30.4 Å². The maximum atomic E-state index is 2.54. The molecule has 1 aromatic carbocycles. The van der Waals surface area contributed by atoms with Crippen molar-refractivity contribution < 1.29 is 0 Å². The Morgan fingerprint density at radius 3 is 2.77 bits per heavy atom. The largest absolute Gasteiger partial charge is 0.0840 e. The minimum absolute atomic E-state index is 0.198. The Bertz CT molecular complexity index is 606. The second-order valence-corrected chi connectivity index (χ2v) is 9.49. The Balaban J connectivity index is 1.65. The summed E-state index contributed by atoms with van der Waals surface area (Å²) in [6.07, 6.45) is 21.7. The molecule has 0 spiro atoms. The van der Waals surface area contributed by atoms with Crippen molar-refractivity contribution in [1.82, 2.24) is 0 Å². The predicted molar refractivity (Wildman–Crippen MR) is 100 cm³/mol. The Morgan fingerprint density at radius 1 is 1.18 bits per heavy atom. The van der Waals surface area contributed by atoms with E-state index in [2.05, 4.69) is 79.8 Å². The first-order valence-corrected chi connectivity index (χ1v) is 10.1. The Morgan fingerprint density at radius 2 is 2.05 bits per heavy atom. The molecule has 114 valence electrons. The van der Waals surface area contributed by atoms with Crippen LogP contribution in [0.5, 0.6) is 0 Å². The summed E-state index contributed by atoms with van der Waals surface area (Å²) in [5, 5.41) is 0.511. The van der Waals surface area contributed by atoms with Gasteiger partial charge in [0.25, 0.3) is 0 Å². The summed E-state index contributed by atoms with van der Waals surface area (Å²) in [6, 6.07) is 10.8. The zero-order valence-electron chi connectivity index (χ0n) is 13.5. The van der Waals surface area contributed by atoms with E-state index in [-0.39, 0.29) is 9.52 Å². The molecule has 2 unspecified atom stereocenters. The van der Waals surface area contributed by atoms with Crippen molar-refractivity contribution in [2.24, 2.45) is 0 Å². The maximum Gasteiger partial charge on any atom is 0.0447 e. The Kier molecular flexibility index (Phi) is 4.94. The molecule has 0 aliphatic heterocycles. The summed E-state index contributed by atoms with van der Waals surface area (Å²) >= 11 is 0. The molecular formula is C21H26Si. The lowest BCUT2D eigenvalue weighted by Crippen LogP contribution is -2.21. The van der Waals surface area contributed by atoms with Gasteiger partial charge in [-0.3, -0.25) is 0 Å². The summed E-state index contributed by atoms with van der Waals surface area (Å²) in [5.74, 6) is 0. The van der Waals surface area contributed by atoms with Crippen molar-refractivity contribution in [3.05, 3.63) is 84.0 Å². The van der Waals surface area contributed by atoms with Gasteiger partial charge in [-0.2, -0.15) is 0 Å². The lowest BCUT2D eigenvalue weighted by atomic mass is 9.94. The lowest BCUT2D eigenvalue weighted by Gasteiger charge is -2.32. The molecule has 0 fully saturated rings. The number of benzene rings is 1. The van der Waals surface area contributed by atoms with Gasteiger partial charge in [0, 0.05) is 9.52 Å². The quantitative estimate of drug-likeness (QED) is 0.637. The molecule has 0 aromatic heterocycles. The average molecular weight is 307 g/mol. The molecule has 2 atom stereocenters. The van der Waals surface area contributed by atoms with Crippen LogP contribution in [0.15, 0.2) is 78.4 Å². The normalized spacial score (nSPS) is 27.0. The van der Waals surface area contributed by atoms with E-state index in [0.717, 1.165) is 12.0 Å². The van der Waals surface area contributed by atoms with Crippen molar-refractivity contribution >= 4 is 9.52 Å². The molecule has 0 saturated heterocycles. The van der Waals surface area contributed by atoms with Gasteiger partial charge in [-0.1, -0.05) is 86.2 Å². The van der Waals surface area contributed by atoms with Gasteiger partial charge in [-0.25, -0.2) is 0 Å². The molecule has 0 bridgehead atoms. The van der Waals surface area contributed by atoms with E-state index in [9.17, 15) is 0 Å². The van der Waals surface area contributed by atoms with Crippen LogP contribution in [0.4, 0.5) is 0 Å². The van der Waals surface area contributed by atoms with E-state index in [0.29, 0.717) is 5.04 Å².